The van der Waals surface area contributed by atoms with E-state index in [1.165, 1.54) is 0 Å². The second kappa shape index (κ2) is 6.99. The van der Waals surface area contributed by atoms with Gasteiger partial charge < -0.3 is 5.32 Å². The zero-order chi connectivity index (χ0) is 16.2. The van der Waals surface area contributed by atoms with Gasteiger partial charge in [0.2, 0.25) is 5.82 Å². The summed E-state index contributed by atoms with van der Waals surface area (Å²) in [5, 5.41) is 18.5. The number of hydrogen-bond acceptors (Lipinski definition) is 5. The van der Waals surface area contributed by atoms with Crippen LogP contribution < -0.4 is 5.32 Å². The van der Waals surface area contributed by atoms with Crippen LogP contribution in [-0.4, -0.2) is 36.1 Å². The first kappa shape index (κ1) is 15.8. The van der Waals surface area contributed by atoms with Crippen molar-refractivity contribution in [2.45, 2.75) is 25.8 Å². The summed E-state index contributed by atoms with van der Waals surface area (Å²) < 4.78 is 29.4. The van der Waals surface area contributed by atoms with Gasteiger partial charge >= 0.3 is 0 Å². The van der Waals surface area contributed by atoms with E-state index in [1.807, 2.05) is 10.9 Å². The van der Waals surface area contributed by atoms with Crippen LogP contribution in [0.25, 0.3) is 5.65 Å². The van der Waals surface area contributed by atoms with E-state index in [0.717, 1.165) is 28.4 Å². The molecule has 3 aromatic rings. The Morgan fingerprint density at radius 3 is 2.83 bits per heavy atom. The van der Waals surface area contributed by atoms with Crippen molar-refractivity contribution < 1.29 is 8.78 Å². The summed E-state index contributed by atoms with van der Waals surface area (Å²) in [7, 11) is 0. The Morgan fingerprint density at radius 2 is 2.09 bits per heavy atom. The number of rotatable bonds is 7. The summed E-state index contributed by atoms with van der Waals surface area (Å²) in [5.74, 6) is 0.0638. The third-order valence-corrected chi connectivity index (χ3v) is 3.61. The van der Waals surface area contributed by atoms with Crippen molar-refractivity contribution in [2.24, 2.45) is 0 Å². The number of aryl methyl sites for hydroxylation is 1. The van der Waals surface area contributed by atoms with Crippen molar-refractivity contribution in [1.82, 2.24) is 29.6 Å². The summed E-state index contributed by atoms with van der Waals surface area (Å²) in [4.78, 5) is 0. The van der Waals surface area contributed by atoms with Crippen LogP contribution in [0.15, 0.2) is 29.0 Å². The van der Waals surface area contributed by atoms with Gasteiger partial charge in [0.15, 0.2) is 5.65 Å². The van der Waals surface area contributed by atoms with Gasteiger partial charge in [-0.2, -0.15) is 9.61 Å². The van der Waals surface area contributed by atoms with Crippen molar-refractivity contribution in [1.29, 1.82) is 0 Å². The minimum atomic E-state index is -2.71. The van der Waals surface area contributed by atoms with Gasteiger partial charge in [0.1, 0.15) is 5.82 Å². The molecule has 0 radical (unpaired) electrons. The van der Waals surface area contributed by atoms with Crippen LogP contribution in [0.5, 0.6) is 0 Å². The maximum atomic E-state index is 12.8. The summed E-state index contributed by atoms with van der Waals surface area (Å²) in [6.45, 7) is 1.51. The number of unbranched alkanes of at least 4 members (excludes halogenated alkanes) is 1. The molecule has 3 rings (SSSR count). The largest absolute Gasteiger partial charge is 0.369 e. The van der Waals surface area contributed by atoms with E-state index < -0.39 is 12.2 Å². The van der Waals surface area contributed by atoms with Gasteiger partial charge in [0.05, 0.1) is 10.7 Å². The Labute approximate surface area is 138 Å². The number of aromatic nitrogens is 6. The smallest absolute Gasteiger partial charge is 0.299 e. The van der Waals surface area contributed by atoms with Crippen LogP contribution in [0, 0.1) is 0 Å². The average Bonchev–Trinajstić information content (AvgIpc) is 3.12. The minimum Gasteiger partial charge on any atom is -0.369 e. The minimum absolute atomic E-state index is 0.301. The highest BCUT2D eigenvalue weighted by Crippen LogP contribution is 2.17. The Hall–Kier alpha value is -2.10. The van der Waals surface area contributed by atoms with Gasteiger partial charge in [0.25, 0.3) is 6.43 Å². The molecule has 0 spiro atoms. The van der Waals surface area contributed by atoms with E-state index in [2.05, 4.69) is 41.6 Å². The lowest BCUT2D eigenvalue weighted by molar-refractivity contribution is 0.137. The third kappa shape index (κ3) is 3.81. The predicted molar refractivity (Wildman–Crippen MR) is 83.4 cm³/mol. The van der Waals surface area contributed by atoms with Gasteiger partial charge in [-0.3, -0.25) is 4.68 Å². The van der Waals surface area contributed by atoms with E-state index in [4.69, 9.17) is 0 Å². The Kier molecular flexibility index (Phi) is 4.79. The number of nitrogens with one attached hydrogen (secondary N) is 1. The molecule has 7 nitrogen and oxygen atoms in total. The van der Waals surface area contributed by atoms with Crippen molar-refractivity contribution in [2.75, 3.05) is 11.9 Å². The van der Waals surface area contributed by atoms with Crippen LogP contribution in [0.4, 0.5) is 14.6 Å². The molecule has 0 saturated heterocycles. The van der Waals surface area contributed by atoms with E-state index in [-0.39, 0.29) is 0 Å². The molecule has 0 amide bonds. The summed E-state index contributed by atoms with van der Waals surface area (Å²) >= 11 is 3.35. The highest BCUT2D eigenvalue weighted by atomic mass is 79.9. The second-order valence-electron chi connectivity index (χ2n) is 4.90. The van der Waals surface area contributed by atoms with E-state index >= 15 is 0 Å². The van der Waals surface area contributed by atoms with Crippen molar-refractivity contribution in [3.05, 3.63) is 34.8 Å². The molecule has 122 valence electrons. The topological polar surface area (TPSA) is 72.9 Å². The Balaban J connectivity index is 1.52. The van der Waals surface area contributed by atoms with E-state index in [1.54, 1.807) is 18.3 Å². The fraction of sp³-hybridized carbons (Fsp3) is 0.385. The first-order valence-corrected chi connectivity index (χ1v) is 7.85. The highest BCUT2D eigenvalue weighted by molar-refractivity contribution is 9.10. The first-order chi connectivity index (χ1) is 11.1. The molecule has 0 saturated carbocycles. The molecule has 0 fully saturated rings. The fourth-order valence-corrected chi connectivity index (χ4v) is 2.44. The molecule has 0 unspecified atom stereocenters. The first-order valence-electron chi connectivity index (χ1n) is 7.06. The summed E-state index contributed by atoms with van der Waals surface area (Å²) in [5.41, 5.74) is 0.301. The molecule has 3 heterocycles. The molecule has 0 aliphatic heterocycles. The summed E-state index contributed by atoms with van der Waals surface area (Å²) in [6, 6.07) is 3.30. The number of hydrogen-bond donors (Lipinski definition) is 1. The predicted octanol–water partition coefficient (Wildman–Crippen LogP) is 2.91. The highest BCUT2D eigenvalue weighted by Gasteiger charge is 2.16. The van der Waals surface area contributed by atoms with Gasteiger partial charge in [-0.25, -0.2) is 8.78 Å². The number of nitrogens with zero attached hydrogens (tertiary/aromatic N) is 6. The Morgan fingerprint density at radius 1 is 1.22 bits per heavy atom. The second-order valence-corrected chi connectivity index (χ2v) is 5.82. The number of alkyl halides is 2. The molecule has 0 aliphatic rings. The van der Waals surface area contributed by atoms with Crippen molar-refractivity contribution in [3.8, 4) is 0 Å². The lowest BCUT2D eigenvalue weighted by Gasteiger charge is -2.06. The van der Waals surface area contributed by atoms with E-state index in [0.29, 0.717) is 18.0 Å². The molecular formula is C13H14BrF2N7. The van der Waals surface area contributed by atoms with Gasteiger partial charge in [-0.1, -0.05) is 0 Å². The maximum absolute atomic E-state index is 12.8. The van der Waals surface area contributed by atoms with Crippen LogP contribution >= 0.6 is 15.9 Å². The fourth-order valence-electron chi connectivity index (χ4n) is 2.11. The van der Waals surface area contributed by atoms with Crippen LogP contribution in [0.2, 0.25) is 0 Å². The normalized spacial score (nSPS) is 11.5. The van der Waals surface area contributed by atoms with Gasteiger partial charge in [-0.15, -0.1) is 15.3 Å². The van der Waals surface area contributed by atoms with Crippen LogP contribution in [-0.2, 0) is 6.54 Å². The molecular weight excluding hydrogens is 372 g/mol. The van der Waals surface area contributed by atoms with E-state index in [9.17, 15) is 8.78 Å². The Bertz CT molecular complexity index is 786. The van der Waals surface area contributed by atoms with Gasteiger partial charge in [0, 0.05) is 19.3 Å². The molecule has 0 atom stereocenters. The average molecular weight is 386 g/mol. The number of halogens is 3. The standard InChI is InChI=1S/C13H14BrF2N7/c14-9-7-18-22(8-9)6-2-1-5-17-10-3-4-11-19-20-13(12(15)16)23(11)21-10/h3-4,7-8,12H,1-2,5-6H2,(H,17,21). The zero-order valence-corrected chi connectivity index (χ0v) is 13.6. The molecule has 10 heteroatoms. The maximum Gasteiger partial charge on any atom is 0.299 e. The van der Waals surface area contributed by atoms with Crippen LogP contribution in [0.1, 0.15) is 25.1 Å². The lowest BCUT2D eigenvalue weighted by atomic mass is 10.3. The molecule has 3 aromatic heterocycles. The van der Waals surface area contributed by atoms with Crippen LogP contribution in [0.3, 0.4) is 0 Å². The molecule has 23 heavy (non-hydrogen) atoms. The zero-order valence-electron chi connectivity index (χ0n) is 12.0. The lowest BCUT2D eigenvalue weighted by Crippen LogP contribution is -2.08. The quantitative estimate of drug-likeness (QED) is 0.633. The van der Waals surface area contributed by atoms with Crippen molar-refractivity contribution >= 4 is 27.4 Å². The molecule has 0 aromatic carbocycles. The monoisotopic (exact) mass is 385 g/mol. The third-order valence-electron chi connectivity index (χ3n) is 3.20. The van der Waals surface area contributed by atoms with Gasteiger partial charge in [-0.05, 0) is 40.9 Å². The SMILES string of the molecule is FC(F)c1nnc2ccc(NCCCCn3cc(Br)cn3)nn12. The molecule has 1 N–H and O–H groups in total. The molecule has 0 aliphatic carbocycles. The number of fused-ring (bicyclic) bond motifs is 1. The number of anilines is 1. The molecule has 0 bridgehead atoms. The summed E-state index contributed by atoms with van der Waals surface area (Å²) in [6.07, 6.45) is 2.80. The van der Waals surface area contributed by atoms with Crippen molar-refractivity contribution in [3.63, 3.8) is 0 Å².